The van der Waals surface area contributed by atoms with Crippen molar-refractivity contribution in [1.29, 1.82) is 0 Å². The van der Waals surface area contributed by atoms with Gasteiger partial charge in [0.1, 0.15) is 0 Å². The molecule has 1 amide bonds. The maximum absolute atomic E-state index is 11.5. The number of hydrogen-bond acceptors (Lipinski definition) is 4. The molecule has 1 aliphatic heterocycles. The summed E-state index contributed by atoms with van der Waals surface area (Å²) >= 11 is 0. The number of nitrogens with two attached hydrogens (primary N) is 1. The second-order valence-corrected chi connectivity index (χ2v) is 4.48. The highest BCUT2D eigenvalue weighted by atomic mass is 16.7. The lowest BCUT2D eigenvalue weighted by Crippen LogP contribution is -2.25. The van der Waals surface area contributed by atoms with Gasteiger partial charge < -0.3 is 20.5 Å². The molecule has 1 heterocycles. The van der Waals surface area contributed by atoms with E-state index in [1.165, 1.54) is 0 Å². The minimum absolute atomic E-state index is 0.0185. The molecule has 0 fully saturated rings. The van der Waals surface area contributed by atoms with Crippen molar-refractivity contribution in [2.75, 3.05) is 6.79 Å². The SMILES string of the molecule is CC(N)CCC(=O)NCc1ccc2c(c1)OCO2. The van der Waals surface area contributed by atoms with Crippen LogP contribution in [0.1, 0.15) is 25.3 Å². The number of benzene rings is 1. The van der Waals surface area contributed by atoms with E-state index < -0.39 is 0 Å². The van der Waals surface area contributed by atoms with Gasteiger partial charge in [0, 0.05) is 19.0 Å². The van der Waals surface area contributed by atoms with Crippen LogP contribution in [0.3, 0.4) is 0 Å². The number of carbonyl (C=O) groups is 1. The topological polar surface area (TPSA) is 73.6 Å². The number of carbonyl (C=O) groups excluding carboxylic acids is 1. The average Bonchev–Trinajstić information content (AvgIpc) is 2.81. The predicted molar refractivity (Wildman–Crippen MR) is 67.3 cm³/mol. The molecule has 2 rings (SSSR count). The Morgan fingerprint density at radius 1 is 1.44 bits per heavy atom. The van der Waals surface area contributed by atoms with Crippen LogP contribution in [-0.4, -0.2) is 18.7 Å². The fourth-order valence-electron chi connectivity index (χ4n) is 1.70. The van der Waals surface area contributed by atoms with Crippen LogP contribution < -0.4 is 20.5 Å². The van der Waals surface area contributed by atoms with Crippen molar-refractivity contribution in [1.82, 2.24) is 5.32 Å². The van der Waals surface area contributed by atoms with Crippen molar-refractivity contribution < 1.29 is 14.3 Å². The first-order valence-corrected chi connectivity index (χ1v) is 6.06. The van der Waals surface area contributed by atoms with Gasteiger partial charge in [-0.1, -0.05) is 6.07 Å². The van der Waals surface area contributed by atoms with Crippen molar-refractivity contribution in [3.8, 4) is 11.5 Å². The number of nitrogens with one attached hydrogen (secondary N) is 1. The molecule has 1 aromatic carbocycles. The Labute approximate surface area is 106 Å². The van der Waals surface area contributed by atoms with E-state index in [4.69, 9.17) is 15.2 Å². The molecule has 0 radical (unpaired) electrons. The molecule has 0 saturated heterocycles. The molecular weight excluding hydrogens is 232 g/mol. The van der Waals surface area contributed by atoms with E-state index in [1.807, 2.05) is 25.1 Å². The summed E-state index contributed by atoms with van der Waals surface area (Å²) in [5, 5.41) is 2.85. The monoisotopic (exact) mass is 250 g/mol. The largest absolute Gasteiger partial charge is 0.454 e. The third-order valence-electron chi connectivity index (χ3n) is 2.75. The van der Waals surface area contributed by atoms with Crippen molar-refractivity contribution in [3.63, 3.8) is 0 Å². The van der Waals surface area contributed by atoms with E-state index >= 15 is 0 Å². The molecule has 1 atom stereocenters. The number of ether oxygens (including phenoxy) is 2. The highest BCUT2D eigenvalue weighted by Gasteiger charge is 2.13. The van der Waals surface area contributed by atoms with E-state index in [1.54, 1.807) is 0 Å². The zero-order valence-corrected chi connectivity index (χ0v) is 10.4. The highest BCUT2D eigenvalue weighted by molar-refractivity contribution is 5.75. The first kappa shape index (κ1) is 12.7. The molecule has 5 nitrogen and oxygen atoms in total. The molecule has 0 saturated carbocycles. The summed E-state index contributed by atoms with van der Waals surface area (Å²) in [5.74, 6) is 1.50. The van der Waals surface area contributed by atoms with Crippen LogP contribution in [0.5, 0.6) is 11.5 Å². The van der Waals surface area contributed by atoms with E-state index in [0.717, 1.165) is 17.1 Å². The predicted octanol–water partition coefficient (Wildman–Crippen LogP) is 1.16. The molecule has 5 heteroatoms. The zero-order valence-electron chi connectivity index (χ0n) is 10.4. The maximum Gasteiger partial charge on any atom is 0.231 e. The summed E-state index contributed by atoms with van der Waals surface area (Å²) < 4.78 is 10.5. The fourth-order valence-corrected chi connectivity index (χ4v) is 1.70. The quantitative estimate of drug-likeness (QED) is 0.822. The van der Waals surface area contributed by atoms with Gasteiger partial charge in [0.05, 0.1) is 0 Å². The molecule has 0 aliphatic carbocycles. The molecule has 18 heavy (non-hydrogen) atoms. The maximum atomic E-state index is 11.5. The van der Waals surface area contributed by atoms with Crippen molar-refractivity contribution in [3.05, 3.63) is 23.8 Å². The van der Waals surface area contributed by atoms with Crippen LogP contribution in [0.15, 0.2) is 18.2 Å². The van der Waals surface area contributed by atoms with Crippen LogP contribution in [0.2, 0.25) is 0 Å². The lowest BCUT2D eigenvalue weighted by Gasteiger charge is -2.07. The number of hydrogen-bond donors (Lipinski definition) is 2. The lowest BCUT2D eigenvalue weighted by atomic mass is 10.1. The Balaban J connectivity index is 1.81. The summed E-state index contributed by atoms with van der Waals surface area (Å²) in [4.78, 5) is 11.5. The van der Waals surface area contributed by atoms with Gasteiger partial charge in [-0.3, -0.25) is 4.79 Å². The third-order valence-corrected chi connectivity index (χ3v) is 2.75. The molecule has 0 bridgehead atoms. The summed E-state index contributed by atoms with van der Waals surface area (Å²) in [5.41, 5.74) is 6.59. The van der Waals surface area contributed by atoms with Gasteiger partial charge >= 0.3 is 0 Å². The summed E-state index contributed by atoms with van der Waals surface area (Å²) in [6.07, 6.45) is 1.16. The lowest BCUT2D eigenvalue weighted by molar-refractivity contribution is -0.121. The molecule has 1 aliphatic rings. The van der Waals surface area contributed by atoms with E-state index in [9.17, 15) is 4.79 Å². The Kier molecular flexibility index (Phi) is 4.04. The fraction of sp³-hybridized carbons (Fsp3) is 0.462. The average molecular weight is 250 g/mol. The third kappa shape index (κ3) is 3.37. The summed E-state index contributed by atoms with van der Waals surface area (Å²) in [6, 6.07) is 5.71. The minimum Gasteiger partial charge on any atom is -0.454 e. The second-order valence-electron chi connectivity index (χ2n) is 4.48. The number of rotatable bonds is 5. The first-order chi connectivity index (χ1) is 8.65. The van der Waals surface area contributed by atoms with E-state index in [2.05, 4.69) is 5.32 Å². The van der Waals surface area contributed by atoms with Gasteiger partial charge in [0.2, 0.25) is 12.7 Å². The van der Waals surface area contributed by atoms with Crippen LogP contribution >= 0.6 is 0 Å². The summed E-state index contributed by atoms with van der Waals surface area (Å²) in [6.45, 7) is 2.65. The highest BCUT2D eigenvalue weighted by Crippen LogP contribution is 2.32. The molecule has 98 valence electrons. The standard InChI is InChI=1S/C13H18N2O3/c1-9(14)2-5-13(16)15-7-10-3-4-11-12(6-10)18-8-17-11/h3-4,6,9H,2,5,7-8,14H2,1H3,(H,15,16). The molecule has 3 N–H and O–H groups in total. The molecule has 0 aromatic heterocycles. The van der Waals surface area contributed by atoms with Gasteiger partial charge in [-0.2, -0.15) is 0 Å². The van der Waals surface area contributed by atoms with Gasteiger partial charge in [0.25, 0.3) is 0 Å². The van der Waals surface area contributed by atoms with Crippen LogP contribution in [0.25, 0.3) is 0 Å². The Hall–Kier alpha value is -1.75. The van der Waals surface area contributed by atoms with E-state index in [-0.39, 0.29) is 18.7 Å². The molecule has 0 spiro atoms. The van der Waals surface area contributed by atoms with E-state index in [0.29, 0.717) is 19.4 Å². The zero-order chi connectivity index (χ0) is 13.0. The summed E-state index contributed by atoms with van der Waals surface area (Å²) in [7, 11) is 0. The van der Waals surface area contributed by atoms with Gasteiger partial charge in [-0.15, -0.1) is 0 Å². The Morgan fingerprint density at radius 3 is 3.00 bits per heavy atom. The van der Waals surface area contributed by atoms with Gasteiger partial charge in [-0.25, -0.2) is 0 Å². The number of amides is 1. The van der Waals surface area contributed by atoms with Gasteiger partial charge in [0.15, 0.2) is 11.5 Å². The van der Waals surface area contributed by atoms with Crippen LogP contribution in [0, 0.1) is 0 Å². The van der Waals surface area contributed by atoms with Crippen molar-refractivity contribution >= 4 is 5.91 Å². The second kappa shape index (κ2) is 5.73. The van der Waals surface area contributed by atoms with Gasteiger partial charge in [-0.05, 0) is 31.0 Å². The molecule has 1 unspecified atom stereocenters. The number of fused-ring (bicyclic) bond motifs is 1. The normalized spacial score (nSPS) is 14.3. The van der Waals surface area contributed by atoms with Crippen molar-refractivity contribution in [2.24, 2.45) is 5.73 Å². The Morgan fingerprint density at radius 2 is 2.22 bits per heavy atom. The smallest absolute Gasteiger partial charge is 0.231 e. The van der Waals surface area contributed by atoms with Crippen LogP contribution in [-0.2, 0) is 11.3 Å². The Bertz CT molecular complexity index is 432. The minimum atomic E-state index is 0.0185. The molecular formula is C13H18N2O3. The van der Waals surface area contributed by atoms with Crippen LogP contribution in [0.4, 0.5) is 0 Å². The van der Waals surface area contributed by atoms with Crippen molar-refractivity contribution in [2.45, 2.75) is 32.4 Å². The first-order valence-electron chi connectivity index (χ1n) is 6.06. The molecule has 1 aromatic rings.